The molecule has 136 valence electrons. The fourth-order valence-corrected chi connectivity index (χ4v) is 3.82. The van der Waals surface area contributed by atoms with Crippen molar-refractivity contribution in [1.29, 1.82) is 0 Å². The van der Waals surface area contributed by atoms with Crippen molar-refractivity contribution in [3.63, 3.8) is 0 Å². The Balaban J connectivity index is 2.00. The maximum absolute atomic E-state index is 12.5. The van der Waals surface area contributed by atoms with Crippen LogP contribution in [-0.2, 0) is 10.0 Å². The minimum absolute atomic E-state index is 0.194. The average molecular weight is 363 g/mol. The third kappa shape index (κ3) is 4.74. The number of sulfonamides is 1. The molecule has 0 radical (unpaired) electrons. The standard InChI is InChI=1S/C19H25NO4S/c1-13-6-7-17(10-14(13)2)24-9-8-20-25(21,22)19-12-15(3)18(23-5)11-16(19)4/h6-7,10-12,20H,8-9H2,1-5H3. The Kier molecular flexibility index (Phi) is 6.08. The lowest BCUT2D eigenvalue weighted by molar-refractivity contribution is 0.322. The van der Waals surface area contributed by atoms with E-state index in [0.717, 1.165) is 16.9 Å². The van der Waals surface area contributed by atoms with Crippen LogP contribution in [0.15, 0.2) is 35.2 Å². The molecular weight excluding hydrogens is 338 g/mol. The number of hydrogen-bond acceptors (Lipinski definition) is 4. The van der Waals surface area contributed by atoms with Crippen LogP contribution >= 0.6 is 0 Å². The van der Waals surface area contributed by atoms with E-state index in [2.05, 4.69) is 4.72 Å². The maximum Gasteiger partial charge on any atom is 0.240 e. The molecule has 0 spiro atoms. The Labute approximate surface area is 150 Å². The van der Waals surface area contributed by atoms with Gasteiger partial charge in [-0.2, -0.15) is 0 Å². The molecule has 6 heteroatoms. The molecule has 25 heavy (non-hydrogen) atoms. The summed E-state index contributed by atoms with van der Waals surface area (Å²) in [6.07, 6.45) is 0. The summed E-state index contributed by atoms with van der Waals surface area (Å²) < 4.78 is 38.4. The Morgan fingerprint density at radius 2 is 1.64 bits per heavy atom. The van der Waals surface area contributed by atoms with Crippen LogP contribution < -0.4 is 14.2 Å². The molecule has 0 aliphatic heterocycles. The van der Waals surface area contributed by atoms with Crippen molar-refractivity contribution >= 4 is 10.0 Å². The van der Waals surface area contributed by atoms with E-state index in [-0.39, 0.29) is 18.0 Å². The highest BCUT2D eigenvalue weighted by atomic mass is 32.2. The van der Waals surface area contributed by atoms with Gasteiger partial charge in [0, 0.05) is 6.54 Å². The van der Waals surface area contributed by atoms with Crippen molar-refractivity contribution in [2.45, 2.75) is 32.6 Å². The summed E-state index contributed by atoms with van der Waals surface area (Å²) in [7, 11) is -2.03. The molecule has 2 aromatic rings. The molecule has 0 saturated carbocycles. The monoisotopic (exact) mass is 363 g/mol. The molecule has 0 unspecified atom stereocenters. The quantitative estimate of drug-likeness (QED) is 0.767. The number of methoxy groups -OCH3 is 1. The van der Waals surface area contributed by atoms with Crippen molar-refractivity contribution in [2.24, 2.45) is 0 Å². The first-order chi connectivity index (χ1) is 11.7. The average Bonchev–Trinajstić information content (AvgIpc) is 2.56. The second-order valence-corrected chi connectivity index (χ2v) is 7.82. The lowest BCUT2D eigenvalue weighted by Gasteiger charge is -2.13. The molecule has 0 aliphatic rings. The van der Waals surface area contributed by atoms with Gasteiger partial charge in [0.25, 0.3) is 0 Å². The fourth-order valence-electron chi connectivity index (χ4n) is 2.50. The van der Waals surface area contributed by atoms with E-state index in [9.17, 15) is 8.42 Å². The van der Waals surface area contributed by atoms with Crippen molar-refractivity contribution in [3.8, 4) is 11.5 Å². The van der Waals surface area contributed by atoms with Gasteiger partial charge < -0.3 is 9.47 Å². The van der Waals surface area contributed by atoms with Gasteiger partial charge in [0.1, 0.15) is 18.1 Å². The zero-order valence-corrected chi connectivity index (χ0v) is 16.2. The van der Waals surface area contributed by atoms with Gasteiger partial charge in [0.15, 0.2) is 0 Å². The third-order valence-corrected chi connectivity index (χ3v) is 5.73. The first-order valence-corrected chi connectivity index (χ1v) is 9.58. The number of benzene rings is 2. The summed E-state index contributed by atoms with van der Waals surface area (Å²) in [5.74, 6) is 1.41. The van der Waals surface area contributed by atoms with Crippen LogP contribution in [0.25, 0.3) is 0 Å². The first kappa shape index (κ1) is 19.3. The molecule has 0 heterocycles. The molecular formula is C19H25NO4S. The molecule has 0 atom stereocenters. The van der Waals surface area contributed by atoms with E-state index in [1.54, 1.807) is 26.2 Å². The molecule has 5 nitrogen and oxygen atoms in total. The third-order valence-electron chi connectivity index (χ3n) is 4.12. The minimum atomic E-state index is -3.59. The number of nitrogens with one attached hydrogen (secondary N) is 1. The molecule has 0 amide bonds. The second kappa shape index (κ2) is 7.89. The van der Waals surface area contributed by atoms with Crippen molar-refractivity contribution in [2.75, 3.05) is 20.3 Å². The Morgan fingerprint density at radius 1 is 0.920 bits per heavy atom. The van der Waals surface area contributed by atoms with E-state index < -0.39 is 10.0 Å². The van der Waals surface area contributed by atoms with Gasteiger partial charge in [-0.3, -0.25) is 0 Å². The lowest BCUT2D eigenvalue weighted by atomic mass is 10.1. The van der Waals surface area contributed by atoms with Crippen LogP contribution in [-0.4, -0.2) is 28.7 Å². The topological polar surface area (TPSA) is 64.6 Å². The van der Waals surface area contributed by atoms with Crippen molar-refractivity contribution in [1.82, 2.24) is 4.72 Å². The Bertz CT molecular complexity index is 860. The van der Waals surface area contributed by atoms with Gasteiger partial charge in [-0.1, -0.05) is 6.07 Å². The van der Waals surface area contributed by atoms with Gasteiger partial charge in [0.2, 0.25) is 10.0 Å². The number of hydrogen-bond donors (Lipinski definition) is 1. The van der Waals surface area contributed by atoms with Crippen molar-refractivity contribution in [3.05, 3.63) is 52.6 Å². The zero-order valence-electron chi connectivity index (χ0n) is 15.3. The summed E-state index contributed by atoms with van der Waals surface area (Å²) in [6.45, 7) is 8.07. The fraction of sp³-hybridized carbons (Fsp3) is 0.368. The van der Waals surface area contributed by atoms with Crippen LogP contribution in [0.2, 0.25) is 0 Å². The summed E-state index contributed by atoms with van der Waals surface area (Å²) >= 11 is 0. The highest BCUT2D eigenvalue weighted by Crippen LogP contribution is 2.25. The van der Waals surface area contributed by atoms with Crippen LogP contribution in [0.3, 0.4) is 0 Å². The summed E-state index contributed by atoms with van der Waals surface area (Å²) in [5.41, 5.74) is 3.76. The molecule has 2 aromatic carbocycles. The molecule has 2 rings (SSSR count). The normalized spacial score (nSPS) is 11.4. The Hall–Kier alpha value is -2.05. The molecule has 1 N–H and O–H groups in total. The van der Waals surface area contributed by atoms with E-state index in [1.807, 2.05) is 39.0 Å². The Morgan fingerprint density at radius 3 is 2.28 bits per heavy atom. The summed E-state index contributed by atoms with van der Waals surface area (Å²) in [4.78, 5) is 0.261. The van der Waals surface area contributed by atoms with Crippen LogP contribution in [0.5, 0.6) is 11.5 Å². The maximum atomic E-state index is 12.5. The van der Waals surface area contributed by atoms with E-state index in [1.165, 1.54) is 5.56 Å². The van der Waals surface area contributed by atoms with Gasteiger partial charge in [-0.05, 0) is 74.2 Å². The zero-order chi connectivity index (χ0) is 18.6. The lowest BCUT2D eigenvalue weighted by Crippen LogP contribution is -2.29. The van der Waals surface area contributed by atoms with Crippen LogP contribution in [0.1, 0.15) is 22.3 Å². The van der Waals surface area contributed by atoms with Crippen LogP contribution in [0, 0.1) is 27.7 Å². The minimum Gasteiger partial charge on any atom is -0.496 e. The predicted octanol–water partition coefficient (Wildman–Crippen LogP) is 3.29. The summed E-state index contributed by atoms with van der Waals surface area (Å²) in [6, 6.07) is 9.17. The van der Waals surface area contributed by atoms with Crippen molar-refractivity contribution < 1.29 is 17.9 Å². The number of aryl methyl sites for hydroxylation is 4. The molecule has 0 saturated heterocycles. The predicted molar refractivity (Wildman–Crippen MR) is 99.1 cm³/mol. The summed E-state index contributed by atoms with van der Waals surface area (Å²) in [5, 5.41) is 0. The van der Waals surface area contributed by atoms with Gasteiger partial charge in [-0.25, -0.2) is 13.1 Å². The van der Waals surface area contributed by atoms with E-state index >= 15 is 0 Å². The number of rotatable bonds is 7. The van der Waals surface area contributed by atoms with E-state index in [0.29, 0.717) is 11.3 Å². The van der Waals surface area contributed by atoms with Gasteiger partial charge in [0.05, 0.1) is 12.0 Å². The number of ether oxygens (including phenoxy) is 2. The second-order valence-electron chi connectivity index (χ2n) is 6.08. The van der Waals surface area contributed by atoms with Gasteiger partial charge in [-0.15, -0.1) is 0 Å². The highest BCUT2D eigenvalue weighted by molar-refractivity contribution is 7.89. The highest BCUT2D eigenvalue weighted by Gasteiger charge is 2.18. The molecule has 0 bridgehead atoms. The molecule has 0 aliphatic carbocycles. The SMILES string of the molecule is COc1cc(C)c(S(=O)(=O)NCCOc2ccc(C)c(C)c2)cc1C. The largest absolute Gasteiger partial charge is 0.496 e. The van der Waals surface area contributed by atoms with Gasteiger partial charge >= 0.3 is 0 Å². The first-order valence-electron chi connectivity index (χ1n) is 8.09. The van der Waals surface area contributed by atoms with Crippen LogP contribution in [0.4, 0.5) is 0 Å². The smallest absolute Gasteiger partial charge is 0.240 e. The molecule has 0 fully saturated rings. The molecule has 0 aromatic heterocycles. The van der Waals surface area contributed by atoms with E-state index in [4.69, 9.17) is 9.47 Å².